The molecule has 0 unspecified atom stereocenters. The number of halogens is 2. The van der Waals surface area contributed by atoms with Crippen molar-refractivity contribution in [3.63, 3.8) is 0 Å². The Hall–Kier alpha value is -1.59. The molecule has 0 fully saturated rings. The van der Waals surface area contributed by atoms with Gasteiger partial charge in [0.15, 0.2) is 0 Å². The number of benzene rings is 2. The van der Waals surface area contributed by atoms with E-state index in [1.165, 1.54) is 12.1 Å². The molecule has 0 radical (unpaired) electrons. The third-order valence-electron chi connectivity index (χ3n) is 2.69. The average molecular weight is 357 g/mol. The molecule has 0 saturated carbocycles. The third kappa shape index (κ3) is 3.49. The van der Waals surface area contributed by atoms with E-state index in [0.29, 0.717) is 11.3 Å². The van der Waals surface area contributed by atoms with Gasteiger partial charge in [-0.1, -0.05) is 23.7 Å². The van der Waals surface area contributed by atoms with E-state index in [4.69, 9.17) is 16.3 Å². The van der Waals surface area contributed by atoms with Crippen LogP contribution in [-0.2, 0) is 6.61 Å². The standard InChI is InChI=1S/C14H11BrClNO3/c1-9-2-5-14(11(15)6-9)20-8-10-3-4-12(16)13(7-10)17(18)19/h2-7H,8H2,1H3. The molecule has 104 valence electrons. The van der Waals surface area contributed by atoms with Gasteiger partial charge in [0.2, 0.25) is 0 Å². The van der Waals surface area contributed by atoms with Gasteiger partial charge in [-0.2, -0.15) is 0 Å². The monoisotopic (exact) mass is 355 g/mol. The van der Waals surface area contributed by atoms with Crippen LogP contribution in [0, 0.1) is 17.0 Å². The van der Waals surface area contributed by atoms with E-state index in [1.54, 1.807) is 6.07 Å². The highest BCUT2D eigenvalue weighted by molar-refractivity contribution is 9.10. The molecule has 0 heterocycles. The first-order valence-electron chi connectivity index (χ1n) is 5.79. The number of hydrogen-bond donors (Lipinski definition) is 0. The molecule has 0 N–H and O–H groups in total. The van der Waals surface area contributed by atoms with Crippen LogP contribution in [-0.4, -0.2) is 4.92 Å². The van der Waals surface area contributed by atoms with E-state index in [2.05, 4.69) is 15.9 Å². The molecular formula is C14H11BrClNO3. The summed E-state index contributed by atoms with van der Waals surface area (Å²) < 4.78 is 6.49. The number of rotatable bonds is 4. The average Bonchev–Trinajstić information content (AvgIpc) is 2.39. The summed E-state index contributed by atoms with van der Waals surface area (Å²) in [5, 5.41) is 10.9. The van der Waals surface area contributed by atoms with E-state index in [-0.39, 0.29) is 17.3 Å². The Kier molecular flexibility index (Phi) is 4.62. The highest BCUT2D eigenvalue weighted by atomic mass is 79.9. The number of aryl methyl sites for hydroxylation is 1. The van der Waals surface area contributed by atoms with Crippen LogP contribution in [0.4, 0.5) is 5.69 Å². The van der Waals surface area contributed by atoms with Gasteiger partial charge in [0, 0.05) is 6.07 Å². The molecule has 2 aromatic carbocycles. The molecule has 0 aliphatic heterocycles. The van der Waals surface area contributed by atoms with E-state index in [9.17, 15) is 10.1 Å². The summed E-state index contributed by atoms with van der Waals surface area (Å²) in [6.07, 6.45) is 0. The molecule has 0 aliphatic rings. The first-order chi connectivity index (χ1) is 9.47. The van der Waals surface area contributed by atoms with E-state index in [1.807, 2.05) is 25.1 Å². The van der Waals surface area contributed by atoms with E-state index in [0.717, 1.165) is 10.0 Å². The van der Waals surface area contributed by atoms with Crippen molar-refractivity contribution in [2.24, 2.45) is 0 Å². The first kappa shape index (κ1) is 14.8. The topological polar surface area (TPSA) is 52.4 Å². The number of ether oxygens (including phenoxy) is 1. The molecule has 20 heavy (non-hydrogen) atoms. The van der Waals surface area contributed by atoms with Gasteiger partial charge < -0.3 is 4.74 Å². The minimum absolute atomic E-state index is 0.115. The Bertz CT molecular complexity index is 661. The number of nitro benzene ring substituents is 1. The van der Waals surface area contributed by atoms with Gasteiger partial charge in [0.1, 0.15) is 17.4 Å². The van der Waals surface area contributed by atoms with E-state index >= 15 is 0 Å². The molecule has 0 aromatic heterocycles. The van der Waals surface area contributed by atoms with Crippen molar-refractivity contribution in [2.45, 2.75) is 13.5 Å². The molecule has 2 rings (SSSR count). The quantitative estimate of drug-likeness (QED) is 0.578. The van der Waals surface area contributed by atoms with E-state index < -0.39 is 4.92 Å². The van der Waals surface area contributed by atoms with Crippen LogP contribution in [0.1, 0.15) is 11.1 Å². The largest absolute Gasteiger partial charge is 0.488 e. The molecule has 0 bridgehead atoms. The van der Waals surface area contributed by atoms with Crippen LogP contribution in [0.25, 0.3) is 0 Å². The minimum atomic E-state index is -0.506. The summed E-state index contributed by atoms with van der Waals surface area (Å²) in [6, 6.07) is 10.4. The summed E-state index contributed by atoms with van der Waals surface area (Å²) in [6.45, 7) is 2.22. The second-order valence-electron chi connectivity index (χ2n) is 4.27. The summed E-state index contributed by atoms with van der Waals surface area (Å²) in [5.74, 6) is 0.688. The molecular weight excluding hydrogens is 346 g/mol. The van der Waals surface area contributed by atoms with Crippen molar-refractivity contribution in [3.8, 4) is 5.75 Å². The fraction of sp³-hybridized carbons (Fsp3) is 0.143. The van der Waals surface area contributed by atoms with Crippen LogP contribution in [0.2, 0.25) is 5.02 Å². The summed E-state index contributed by atoms with van der Waals surface area (Å²) >= 11 is 9.18. The smallest absolute Gasteiger partial charge is 0.288 e. The molecule has 6 heteroatoms. The van der Waals surface area contributed by atoms with Gasteiger partial charge in [-0.05, 0) is 52.2 Å². The lowest BCUT2D eigenvalue weighted by molar-refractivity contribution is -0.384. The number of nitro groups is 1. The van der Waals surface area contributed by atoms with Gasteiger partial charge in [0.05, 0.1) is 9.40 Å². The highest BCUT2D eigenvalue weighted by Crippen LogP contribution is 2.28. The van der Waals surface area contributed by atoms with Crippen LogP contribution < -0.4 is 4.74 Å². The minimum Gasteiger partial charge on any atom is -0.488 e. The van der Waals surface area contributed by atoms with Gasteiger partial charge in [-0.25, -0.2) is 0 Å². The second kappa shape index (κ2) is 6.24. The Balaban J connectivity index is 2.15. The van der Waals surface area contributed by atoms with Crippen LogP contribution in [0.3, 0.4) is 0 Å². The predicted octanol–water partition coefficient (Wildman–Crippen LogP) is 4.90. The normalized spacial score (nSPS) is 10.3. The van der Waals surface area contributed by atoms with Gasteiger partial charge in [-0.15, -0.1) is 0 Å². The van der Waals surface area contributed by atoms with Gasteiger partial charge in [0.25, 0.3) is 5.69 Å². The van der Waals surface area contributed by atoms with Crippen LogP contribution in [0.15, 0.2) is 40.9 Å². The van der Waals surface area contributed by atoms with Crippen molar-refractivity contribution in [1.29, 1.82) is 0 Å². The lowest BCUT2D eigenvalue weighted by Gasteiger charge is -2.09. The van der Waals surface area contributed by atoms with Gasteiger partial charge in [-0.3, -0.25) is 10.1 Å². The fourth-order valence-electron chi connectivity index (χ4n) is 1.67. The second-order valence-corrected chi connectivity index (χ2v) is 5.53. The zero-order chi connectivity index (χ0) is 14.7. The Morgan fingerprint density at radius 2 is 2.05 bits per heavy atom. The zero-order valence-electron chi connectivity index (χ0n) is 10.6. The van der Waals surface area contributed by atoms with Gasteiger partial charge >= 0.3 is 0 Å². The van der Waals surface area contributed by atoms with Crippen LogP contribution in [0.5, 0.6) is 5.75 Å². The molecule has 0 saturated heterocycles. The van der Waals surface area contributed by atoms with Crippen molar-refractivity contribution in [2.75, 3.05) is 0 Å². The molecule has 0 atom stereocenters. The SMILES string of the molecule is Cc1ccc(OCc2ccc(Cl)c([N+](=O)[O-])c2)c(Br)c1. The maximum Gasteiger partial charge on any atom is 0.288 e. The summed E-state index contributed by atoms with van der Waals surface area (Å²) in [4.78, 5) is 10.3. The highest BCUT2D eigenvalue weighted by Gasteiger charge is 2.13. The summed E-state index contributed by atoms with van der Waals surface area (Å²) in [7, 11) is 0. The molecule has 0 aliphatic carbocycles. The number of hydrogen-bond acceptors (Lipinski definition) is 3. The Morgan fingerprint density at radius 3 is 2.70 bits per heavy atom. The maximum atomic E-state index is 10.8. The van der Waals surface area contributed by atoms with Crippen molar-refractivity contribution >= 4 is 33.2 Å². The zero-order valence-corrected chi connectivity index (χ0v) is 12.9. The lowest BCUT2D eigenvalue weighted by Crippen LogP contribution is -1.98. The first-order valence-corrected chi connectivity index (χ1v) is 6.96. The molecule has 2 aromatic rings. The maximum absolute atomic E-state index is 10.8. The van der Waals surface area contributed by atoms with Crippen molar-refractivity contribution in [3.05, 3.63) is 67.1 Å². The van der Waals surface area contributed by atoms with Crippen molar-refractivity contribution in [1.82, 2.24) is 0 Å². The Labute approximate surface area is 129 Å². The third-order valence-corrected chi connectivity index (χ3v) is 3.63. The Morgan fingerprint density at radius 1 is 1.30 bits per heavy atom. The lowest BCUT2D eigenvalue weighted by atomic mass is 10.2. The fourth-order valence-corrected chi connectivity index (χ4v) is 2.47. The molecule has 4 nitrogen and oxygen atoms in total. The molecule has 0 amide bonds. The number of nitrogens with zero attached hydrogens (tertiary/aromatic N) is 1. The predicted molar refractivity (Wildman–Crippen MR) is 81.3 cm³/mol. The summed E-state index contributed by atoms with van der Waals surface area (Å²) in [5.41, 5.74) is 1.69. The molecule has 0 spiro atoms. The van der Waals surface area contributed by atoms with Crippen molar-refractivity contribution < 1.29 is 9.66 Å². The van der Waals surface area contributed by atoms with Crippen LogP contribution >= 0.6 is 27.5 Å².